The van der Waals surface area contributed by atoms with Crippen LogP contribution in [0, 0.1) is 0 Å². The second-order valence-corrected chi connectivity index (χ2v) is 8.23. The summed E-state index contributed by atoms with van der Waals surface area (Å²) < 4.78 is 16.9. The monoisotopic (exact) mass is 479 g/mol. The first-order chi connectivity index (χ1) is 13.7. The van der Waals surface area contributed by atoms with Crippen molar-refractivity contribution in [3.05, 3.63) is 40.0 Å². The molecule has 4 rings (SSSR count). The number of hydrogen-bond donors (Lipinski definition) is 1. The van der Waals surface area contributed by atoms with E-state index in [1.54, 1.807) is 31.6 Å². The molecule has 0 atom stereocenters. The molecule has 0 saturated heterocycles. The zero-order valence-corrected chi connectivity index (χ0v) is 18.0. The molecule has 0 spiro atoms. The van der Waals surface area contributed by atoms with Gasteiger partial charge in [-0.2, -0.15) is 4.98 Å². The average molecular weight is 480 g/mol. The minimum atomic E-state index is 0.469. The van der Waals surface area contributed by atoms with Crippen molar-refractivity contribution in [1.29, 1.82) is 0 Å². The van der Waals surface area contributed by atoms with Crippen molar-refractivity contribution in [2.24, 2.45) is 0 Å². The second kappa shape index (κ2) is 8.33. The molecule has 0 fully saturated rings. The fraction of sp³-hybridized carbons (Fsp3) is 0.176. The third-order valence-corrected chi connectivity index (χ3v) is 6.23. The van der Waals surface area contributed by atoms with Gasteiger partial charge < -0.3 is 14.0 Å². The van der Waals surface area contributed by atoms with E-state index in [2.05, 4.69) is 41.3 Å². The van der Waals surface area contributed by atoms with Gasteiger partial charge in [-0.25, -0.2) is 4.98 Å². The molecule has 0 bridgehead atoms. The van der Waals surface area contributed by atoms with Gasteiger partial charge in [0.15, 0.2) is 5.82 Å². The molecule has 1 aromatic carbocycles. The molecular formula is C17H14BrN5O3S2. The summed E-state index contributed by atoms with van der Waals surface area (Å²) in [6.45, 7) is 0. The molecule has 0 unspecified atom stereocenters. The van der Waals surface area contributed by atoms with Crippen LogP contribution in [0.3, 0.4) is 0 Å². The Hall–Kier alpha value is -2.37. The van der Waals surface area contributed by atoms with Gasteiger partial charge in [-0.15, -0.1) is 16.4 Å². The van der Waals surface area contributed by atoms with Crippen LogP contribution in [0.15, 0.2) is 43.8 Å². The molecule has 11 heteroatoms. The SMILES string of the molecule is COc1ccc(-c2nc(SCc3nc(-c4cc(Br)cs4)no3)n[nH]2)c(OC)c1. The van der Waals surface area contributed by atoms with Crippen LogP contribution in [0.2, 0.25) is 0 Å². The van der Waals surface area contributed by atoms with E-state index in [4.69, 9.17) is 14.0 Å². The first-order valence-electron chi connectivity index (χ1n) is 8.01. The van der Waals surface area contributed by atoms with Crippen molar-refractivity contribution in [1.82, 2.24) is 25.3 Å². The Morgan fingerprint density at radius 2 is 2.11 bits per heavy atom. The molecule has 0 saturated carbocycles. The maximum Gasteiger partial charge on any atom is 0.237 e. The normalized spacial score (nSPS) is 11.0. The van der Waals surface area contributed by atoms with Gasteiger partial charge in [0.05, 0.1) is 30.4 Å². The summed E-state index contributed by atoms with van der Waals surface area (Å²) in [5.74, 6) is 3.52. The Morgan fingerprint density at radius 1 is 1.21 bits per heavy atom. The molecule has 1 N–H and O–H groups in total. The molecule has 0 aliphatic carbocycles. The number of aromatic amines is 1. The van der Waals surface area contributed by atoms with Crippen molar-refractivity contribution in [3.8, 4) is 33.6 Å². The number of hydrogen-bond acceptors (Lipinski definition) is 9. The lowest BCUT2D eigenvalue weighted by Gasteiger charge is -2.07. The van der Waals surface area contributed by atoms with Gasteiger partial charge in [0.25, 0.3) is 0 Å². The summed E-state index contributed by atoms with van der Waals surface area (Å²) in [5, 5.41) is 13.7. The molecule has 0 amide bonds. The lowest BCUT2D eigenvalue weighted by Crippen LogP contribution is -1.91. The van der Waals surface area contributed by atoms with Gasteiger partial charge in [0.2, 0.25) is 16.9 Å². The van der Waals surface area contributed by atoms with Crippen molar-refractivity contribution >= 4 is 39.0 Å². The number of thioether (sulfide) groups is 1. The number of methoxy groups -OCH3 is 2. The van der Waals surface area contributed by atoms with Crippen molar-refractivity contribution in [2.45, 2.75) is 10.9 Å². The first-order valence-corrected chi connectivity index (χ1v) is 10.7. The molecule has 8 nitrogen and oxygen atoms in total. The topological polar surface area (TPSA) is 99.0 Å². The number of nitrogens with one attached hydrogen (secondary N) is 1. The first kappa shape index (κ1) is 19.0. The van der Waals surface area contributed by atoms with E-state index in [0.29, 0.717) is 39.9 Å². The number of aromatic nitrogens is 5. The van der Waals surface area contributed by atoms with Gasteiger partial charge in [-0.1, -0.05) is 16.9 Å². The third kappa shape index (κ3) is 4.05. The number of ether oxygens (including phenoxy) is 2. The second-order valence-electron chi connectivity index (χ2n) is 5.46. The minimum absolute atomic E-state index is 0.469. The van der Waals surface area contributed by atoms with Crippen LogP contribution in [0.5, 0.6) is 11.5 Å². The minimum Gasteiger partial charge on any atom is -0.497 e. The van der Waals surface area contributed by atoms with Crippen LogP contribution >= 0.6 is 39.0 Å². The van der Waals surface area contributed by atoms with Crippen LogP contribution in [0.1, 0.15) is 5.89 Å². The summed E-state index contributed by atoms with van der Waals surface area (Å²) in [4.78, 5) is 9.86. The molecule has 0 radical (unpaired) electrons. The van der Waals surface area contributed by atoms with Crippen molar-refractivity contribution in [2.75, 3.05) is 14.2 Å². The maximum atomic E-state index is 5.42. The van der Waals surface area contributed by atoms with E-state index in [1.165, 1.54) is 11.8 Å². The molecule has 3 aromatic heterocycles. The summed E-state index contributed by atoms with van der Waals surface area (Å²) in [7, 11) is 3.21. The largest absolute Gasteiger partial charge is 0.497 e. The molecule has 28 heavy (non-hydrogen) atoms. The number of benzene rings is 1. The van der Waals surface area contributed by atoms with E-state index in [1.807, 2.05) is 23.6 Å². The number of nitrogens with zero attached hydrogens (tertiary/aromatic N) is 4. The smallest absolute Gasteiger partial charge is 0.237 e. The molecular weight excluding hydrogens is 466 g/mol. The fourth-order valence-corrected chi connectivity index (χ4v) is 4.38. The van der Waals surface area contributed by atoms with E-state index in [9.17, 15) is 0 Å². The highest BCUT2D eigenvalue weighted by Gasteiger charge is 2.15. The predicted molar refractivity (Wildman–Crippen MR) is 110 cm³/mol. The standard InChI is InChI=1S/C17H14BrN5O3S2/c1-24-10-3-4-11(12(6-10)25-2)15-20-17(22-21-15)28-8-14-19-16(23-26-14)13-5-9(18)7-27-13/h3-7H,8H2,1-2H3,(H,20,21,22). The van der Waals surface area contributed by atoms with Crippen LogP contribution in [0.4, 0.5) is 0 Å². The molecule has 144 valence electrons. The van der Waals surface area contributed by atoms with Crippen LogP contribution < -0.4 is 9.47 Å². The lowest BCUT2D eigenvalue weighted by atomic mass is 10.2. The predicted octanol–water partition coefficient (Wildman–Crippen LogP) is 4.66. The van der Waals surface area contributed by atoms with Gasteiger partial charge >= 0.3 is 0 Å². The Bertz CT molecular complexity index is 1090. The number of rotatable bonds is 7. The highest BCUT2D eigenvalue weighted by molar-refractivity contribution is 9.10. The molecule has 3 heterocycles. The van der Waals surface area contributed by atoms with Gasteiger partial charge in [0.1, 0.15) is 11.5 Å². The van der Waals surface area contributed by atoms with E-state index in [-0.39, 0.29) is 0 Å². The quantitative estimate of drug-likeness (QED) is 0.382. The third-order valence-electron chi connectivity index (χ3n) is 3.71. The van der Waals surface area contributed by atoms with E-state index < -0.39 is 0 Å². The summed E-state index contributed by atoms with van der Waals surface area (Å²) in [5.41, 5.74) is 0.797. The Balaban J connectivity index is 1.45. The molecule has 0 aliphatic heterocycles. The lowest BCUT2D eigenvalue weighted by molar-refractivity contribution is 0.391. The Morgan fingerprint density at radius 3 is 2.86 bits per heavy atom. The zero-order chi connectivity index (χ0) is 19.5. The van der Waals surface area contributed by atoms with Gasteiger partial charge in [-0.3, -0.25) is 5.10 Å². The van der Waals surface area contributed by atoms with Gasteiger partial charge in [-0.05, 0) is 34.1 Å². The summed E-state index contributed by atoms with van der Waals surface area (Å²) >= 11 is 6.37. The van der Waals surface area contributed by atoms with E-state index in [0.717, 1.165) is 14.9 Å². The van der Waals surface area contributed by atoms with Crippen LogP contribution in [-0.2, 0) is 5.75 Å². The highest BCUT2D eigenvalue weighted by Crippen LogP contribution is 2.32. The number of H-pyrrole nitrogens is 1. The Kier molecular flexibility index (Phi) is 5.64. The number of halogens is 1. The molecule has 4 aromatic rings. The number of thiophene rings is 1. The van der Waals surface area contributed by atoms with Crippen LogP contribution in [-0.4, -0.2) is 39.5 Å². The fourth-order valence-electron chi connectivity index (χ4n) is 2.40. The van der Waals surface area contributed by atoms with Crippen LogP contribution in [0.25, 0.3) is 22.1 Å². The van der Waals surface area contributed by atoms with Gasteiger partial charge in [0, 0.05) is 15.9 Å². The van der Waals surface area contributed by atoms with Crippen molar-refractivity contribution in [3.63, 3.8) is 0 Å². The van der Waals surface area contributed by atoms with E-state index >= 15 is 0 Å². The summed E-state index contributed by atoms with van der Waals surface area (Å²) in [6.07, 6.45) is 0. The molecule has 0 aliphatic rings. The Labute approximate surface area is 176 Å². The van der Waals surface area contributed by atoms with Crippen molar-refractivity contribution < 1.29 is 14.0 Å². The highest BCUT2D eigenvalue weighted by atomic mass is 79.9. The zero-order valence-electron chi connectivity index (χ0n) is 14.8. The average Bonchev–Trinajstić information content (AvgIpc) is 3.46. The maximum absolute atomic E-state index is 5.42. The summed E-state index contributed by atoms with van der Waals surface area (Å²) in [6, 6.07) is 7.47.